The molecule has 0 saturated heterocycles. The fourth-order valence-corrected chi connectivity index (χ4v) is 3.80. The van der Waals surface area contributed by atoms with Gasteiger partial charge < -0.3 is 14.7 Å². The Kier molecular flexibility index (Phi) is 5.71. The largest absolute Gasteiger partial charge is 0.508 e. The molecule has 0 bridgehead atoms. The highest BCUT2D eigenvalue weighted by atomic mass is 19.1. The molecule has 4 rings (SSSR count). The highest BCUT2D eigenvalue weighted by Crippen LogP contribution is 2.32. The van der Waals surface area contributed by atoms with Gasteiger partial charge in [0, 0.05) is 36.5 Å². The molecule has 31 heavy (non-hydrogen) atoms. The van der Waals surface area contributed by atoms with E-state index in [0.29, 0.717) is 36.6 Å². The lowest BCUT2D eigenvalue weighted by atomic mass is 10.0. The predicted octanol–water partition coefficient (Wildman–Crippen LogP) is 4.80. The lowest BCUT2D eigenvalue weighted by Gasteiger charge is -2.20. The summed E-state index contributed by atoms with van der Waals surface area (Å²) in [7, 11) is 1.72. The van der Waals surface area contributed by atoms with Crippen molar-refractivity contribution in [2.24, 2.45) is 4.99 Å². The van der Waals surface area contributed by atoms with Crippen molar-refractivity contribution < 1.29 is 19.0 Å². The average Bonchev–Trinajstić information content (AvgIpc) is 3.22. The Morgan fingerprint density at radius 1 is 1.19 bits per heavy atom. The molecule has 1 amide bonds. The number of phenolic OH excluding ortho intramolecular Hbond substituents is 1. The number of nitrogens with zero attached hydrogens (tertiary/aromatic N) is 2. The summed E-state index contributed by atoms with van der Waals surface area (Å²) in [6, 6.07) is 14.8. The summed E-state index contributed by atoms with van der Waals surface area (Å²) in [5, 5.41) is 9.99. The van der Waals surface area contributed by atoms with Crippen molar-refractivity contribution in [2.45, 2.75) is 20.0 Å². The Bertz CT molecular complexity index is 1170. The normalized spacial score (nSPS) is 12.0. The van der Waals surface area contributed by atoms with Crippen LogP contribution in [0.4, 0.5) is 4.39 Å². The van der Waals surface area contributed by atoms with Crippen LogP contribution in [-0.4, -0.2) is 35.8 Å². The Labute approximate surface area is 180 Å². The molecule has 0 saturated carbocycles. The van der Waals surface area contributed by atoms with Gasteiger partial charge in [0.25, 0.3) is 5.91 Å². The van der Waals surface area contributed by atoms with E-state index < -0.39 is 0 Å². The van der Waals surface area contributed by atoms with E-state index in [9.17, 15) is 14.3 Å². The molecule has 0 aromatic heterocycles. The van der Waals surface area contributed by atoms with Gasteiger partial charge in [0.1, 0.15) is 17.3 Å². The first-order valence-electron chi connectivity index (χ1n) is 10.1. The van der Waals surface area contributed by atoms with Gasteiger partial charge in [0.05, 0.1) is 13.2 Å². The van der Waals surface area contributed by atoms with Crippen LogP contribution in [0.1, 0.15) is 34.0 Å². The van der Waals surface area contributed by atoms with E-state index >= 15 is 0 Å². The summed E-state index contributed by atoms with van der Waals surface area (Å²) >= 11 is 0. The summed E-state index contributed by atoms with van der Waals surface area (Å²) in [4.78, 5) is 19.0. The smallest absolute Gasteiger partial charge is 0.254 e. The molecule has 1 N–H and O–H groups in total. The number of halogens is 1. The minimum Gasteiger partial charge on any atom is -0.508 e. The van der Waals surface area contributed by atoms with Gasteiger partial charge in [0.2, 0.25) is 0 Å². The number of ether oxygens (including phenoxy) is 1. The number of hydrogen-bond donors (Lipinski definition) is 1. The molecule has 3 aromatic rings. The molecule has 158 valence electrons. The monoisotopic (exact) mass is 418 g/mol. The number of phenols is 1. The summed E-state index contributed by atoms with van der Waals surface area (Å²) < 4.78 is 19.4. The standard InChI is InChI=1S/C25H23FN2O3/c1-3-31-24-12-17(7-8-22(24)16-5-4-6-20(26)9-16)25(30)28(2)15-19-11-21(29)10-18-13-27-14-23(18)19/h4-13,29H,3,14-15H2,1-2H3. The molecule has 1 aliphatic heterocycles. The SMILES string of the molecule is CCOc1cc(C(=O)N(C)Cc2cc(O)cc3c2CN=C3)ccc1-c1cccc(F)c1. The van der Waals surface area contributed by atoms with E-state index in [1.54, 1.807) is 60.6 Å². The maximum absolute atomic E-state index is 13.7. The molecule has 0 atom stereocenters. The molecular formula is C25H23FN2O3. The molecule has 0 spiro atoms. The number of rotatable bonds is 6. The Morgan fingerprint density at radius 2 is 2.03 bits per heavy atom. The zero-order valence-electron chi connectivity index (χ0n) is 17.4. The van der Waals surface area contributed by atoms with Crippen LogP contribution in [0.25, 0.3) is 11.1 Å². The predicted molar refractivity (Wildman–Crippen MR) is 118 cm³/mol. The van der Waals surface area contributed by atoms with Crippen molar-refractivity contribution in [1.82, 2.24) is 4.90 Å². The van der Waals surface area contributed by atoms with Crippen LogP contribution in [0.3, 0.4) is 0 Å². The van der Waals surface area contributed by atoms with Crippen molar-refractivity contribution in [1.29, 1.82) is 0 Å². The second-order valence-corrected chi connectivity index (χ2v) is 7.46. The molecule has 0 radical (unpaired) electrons. The molecule has 1 aliphatic rings. The van der Waals surface area contributed by atoms with Crippen LogP contribution in [-0.2, 0) is 13.1 Å². The second-order valence-electron chi connectivity index (χ2n) is 7.46. The lowest BCUT2D eigenvalue weighted by molar-refractivity contribution is 0.0784. The van der Waals surface area contributed by atoms with E-state index in [-0.39, 0.29) is 17.5 Å². The van der Waals surface area contributed by atoms with E-state index in [0.717, 1.165) is 22.3 Å². The van der Waals surface area contributed by atoms with Gasteiger partial charge in [-0.25, -0.2) is 4.39 Å². The van der Waals surface area contributed by atoms with Crippen LogP contribution in [0.2, 0.25) is 0 Å². The van der Waals surface area contributed by atoms with E-state index in [1.807, 2.05) is 6.92 Å². The van der Waals surface area contributed by atoms with Crippen molar-refractivity contribution >= 4 is 12.1 Å². The van der Waals surface area contributed by atoms with E-state index in [4.69, 9.17) is 4.74 Å². The molecule has 6 heteroatoms. The third kappa shape index (κ3) is 4.28. The summed E-state index contributed by atoms with van der Waals surface area (Å²) in [5.74, 6) is 0.172. The Morgan fingerprint density at radius 3 is 2.81 bits per heavy atom. The molecular weight excluding hydrogens is 395 g/mol. The molecule has 5 nitrogen and oxygen atoms in total. The van der Waals surface area contributed by atoms with Gasteiger partial charge in [-0.05, 0) is 66.1 Å². The quantitative estimate of drug-likeness (QED) is 0.625. The van der Waals surface area contributed by atoms with Crippen molar-refractivity contribution in [2.75, 3.05) is 13.7 Å². The first-order chi connectivity index (χ1) is 15.0. The molecule has 3 aromatic carbocycles. The lowest BCUT2D eigenvalue weighted by Crippen LogP contribution is -2.26. The van der Waals surface area contributed by atoms with Gasteiger partial charge in [-0.1, -0.05) is 12.1 Å². The Balaban J connectivity index is 1.61. The number of hydrogen-bond acceptors (Lipinski definition) is 4. The first kappa shape index (κ1) is 20.6. The first-order valence-corrected chi connectivity index (χ1v) is 10.1. The average molecular weight is 418 g/mol. The summed E-state index contributed by atoms with van der Waals surface area (Å²) in [6.45, 7) is 3.17. The van der Waals surface area contributed by atoms with Crippen LogP contribution >= 0.6 is 0 Å². The van der Waals surface area contributed by atoms with Crippen LogP contribution < -0.4 is 4.74 Å². The van der Waals surface area contributed by atoms with Gasteiger partial charge in [-0.2, -0.15) is 0 Å². The second kappa shape index (κ2) is 8.60. The van der Waals surface area contributed by atoms with E-state index in [2.05, 4.69) is 4.99 Å². The summed E-state index contributed by atoms with van der Waals surface area (Å²) in [6.07, 6.45) is 1.74. The highest BCUT2D eigenvalue weighted by molar-refractivity contribution is 5.95. The Hall–Kier alpha value is -3.67. The number of carbonyl (C=O) groups is 1. The maximum atomic E-state index is 13.7. The zero-order chi connectivity index (χ0) is 22.0. The van der Waals surface area contributed by atoms with Crippen molar-refractivity contribution in [3.8, 4) is 22.6 Å². The molecule has 0 fully saturated rings. The van der Waals surface area contributed by atoms with Crippen molar-refractivity contribution in [3.05, 3.63) is 82.7 Å². The number of fused-ring (bicyclic) bond motifs is 1. The van der Waals surface area contributed by atoms with Gasteiger partial charge in [0.15, 0.2) is 0 Å². The summed E-state index contributed by atoms with van der Waals surface area (Å²) in [5.41, 5.74) is 4.65. The maximum Gasteiger partial charge on any atom is 0.254 e. The third-order valence-electron chi connectivity index (χ3n) is 5.26. The van der Waals surface area contributed by atoms with Gasteiger partial charge in [-0.15, -0.1) is 0 Å². The molecule has 1 heterocycles. The molecule has 0 aliphatic carbocycles. The van der Waals surface area contributed by atoms with Gasteiger partial charge in [-0.3, -0.25) is 9.79 Å². The number of carbonyl (C=O) groups excluding carboxylic acids is 1. The number of benzene rings is 3. The van der Waals surface area contributed by atoms with Crippen molar-refractivity contribution in [3.63, 3.8) is 0 Å². The zero-order valence-corrected chi connectivity index (χ0v) is 17.4. The number of amides is 1. The highest BCUT2D eigenvalue weighted by Gasteiger charge is 2.19. The minimum atomic E-state index is -0.331. The molecule has 0 unspecified atom stereocenters. The van der Waals surface area contributed by atoms with Crippen LogP contribution in [0.5, 0.6) is 11.5 Å². The number of aromatic hydroxyl groups is 1. The van der Waals surface area contributed by atoms with Gasteiger partial charge >= 0.3 is 0 Å². The van der Waals surface area contributed by atoms with Crippen LogP contribution in [0, 0.1) is 5.82 Å². The fourth-order valence-electron chi connectivity index (χ4n) is 3.80. The number of aliphatic imine (C=N–C) groups is 1. The fraction of sp³-hybridized carbons (Fsp3) is 0.200. The third-order valence-corrected chi connectivity index (χ3v) is 5.26. The minimum absolute atomic E-state index is 0.154. The van der Waals surface area contributed by atoms with E-state index in [1.165, 1.54) is 12.1 Å². The van der Waals surface area contributed by atoms with Crippen LogP contribution in [0.15, 0.2) is 59.6 Å². The topological polar surface area (TPSA) is 62.1 Å².